The lowest BCUT2D eigenvalue weighted by Crippen LogP contribution is -2.48. The highest BCUT2D eigenvalue weighted by Crippen LogP contribution is 2.56. The van der Waals surface area contributed by atoms with Crippen molar-refractivity contribution in [2.45, 2.75) is 32.1 Å². The summed E-state index contributed by atoms with van der Waals surface area (Å²) in [5.74, 6) is 4.59. The predicted molar refractivity (Wildman–Crippen MR) is 64.4 cm³/mol. The van der Waals surface area contributed by atoms with Crippen LogP contribution in [0.25, 0.3) is 0 Å². The van der Waals surface area contributed by atoms with E-state index in [1.165, 1.54) is 32.1 Å². The van der Waals surface area contributed by atoms with Gasteiger partial charge in [0.25, 0.3) is 0 Å². The Hall–Kier alpha value is 0.400. The minimum Gasteiger partial charge on any atom is -0.299 e. The second kappa shape index (κ2) is 3.46. The van der Waals surface area contributed by atoms with Gasteiger partial charge in [-0.05, 0) is 55.8 Å². The van der Waals surface area contributed by atoms with Crippen LogP contribution in [0.1, 0.15) is 32.1 Å². The van der Waals surface area contributed by atoms with E-state index < -0.39 is 0 Å². The molecule has 2 heteroatoms. The van der Waals surface area contributed by atoms with E-state index in [2.05, 4.69) is 22.6 Å². The first-order valence-electron chi connectivity index (χ1n) is 5.86. The number of hydrogen-bond acceptors (Lipinski definition) is 1. The van der Waals surface area contributed by atoms with E-state index in [0.29, 0.717) is 11.7 Å². The van der Waals surface area contributed by atoms with Crippen molar-refractivity contribution in [1.82, 2.24) is 0 Å². The lowest BCUT2D eigenvalue weighted by atomic mass is 9.51. The maximum absolute atomic E-state index is 11.9. The molecule has 4 rings (SSSR count). The fraction of sp³-hybridized carbons (Fsp3) is 0.917. The van der Waals surface area contributed by atoms with Crippen LogP contribution in [0.2, 0.25) is 0 Å². The minimum absolute atomic E-state index is 0.472. The molecule has 0 saturated heterocycles. The number of rotatable bonds is 2. The summed E-state index contributed by atoms with van der Waals surface area (Å²) in [7, 11) is 0. The standard InChI is InChI=1S/C12H17IO/c13-6-11(14)12-9-2-7-1-8(4-9)5-10(12)3-7/h7-10,12H,1-6H2. The highest BCUT2D eigenvalue weighted by Gasteiger charge is 2.50. The average molecular weight is 304 g/mol. The van der Waals surface area contributed by atoms with E-state index >= 15 is 0 Å². The number of halogens is 1. The van der Waals surface area contributed by atoms with Gasteiger partial charge in [-0.15, -0.1) is 0 Å². The molecule has 0 heterocycles. The van der Waals surface area contributed by atoms with Crippen molar-refractivity contribution < 1.29 is 4.79 Å². The van der Waals surface area contributed by atoms with Gasteiger partial charge in [-0.1, -0.05) is 22.6 Å². The van der Waals surface area contributed by atoms with Gasteiger partial charge in [-0.25, -0.2) is 0 Å². The first kappa shape index (κ1) is 9.61. The second-order valence-corrected chi connectivity index (χ2v) is 6.32. The molecule has 0 aromatic heterocycles. The monoisotopic (exact) mass is 304 g/mol. The molecule has 0 radical (unpaired) electrons. The Morgan fingerprint density at radius 3 is 1.93 bits per heavy atom. The van der Waals surface area contributed by atoms with E-state index in [-0.39, 0.29) is 0 Å². The highest BCUT2D eigenvalue weighted by atomic mass is 127. The molecule has 4 aliphatic carbocycles. The van der Waals surface area contributed by atoms with E-state index in [1.54, 1.807) is 0 Å². The molecular weight excluding hydrogens is 287 g/mol. The van der Waals surface area contributed by atoms with Crippen LogP contribution in [0.15, 0.2) is 0 Å². The van der Waals surface area contributed by atoms with E-state index in [4.69, 9.17) is 0 Å². The van der Waals surface area contributed by atoms with Crippen LogP contribution in [-0.4, -0.2) is 10.2 Å². The molecule has 4 fully saturated rings. The van der Waals surface area contributed by atoms with Crippen LogP contribution < -0.4 is 0 Å². The summed E-state index contributed by atoms with van der Waals surface area (Å²) in [6.07, 6.45) is 6.98. The molecule has 78 valence electrons. The third kappa shape index (κ3) is 1.36. The zero-order valence-electron chi connectivity index (χ0n) is 8.42. The number of hydrogen-bond donors (Lipinski definition) is 0. The zero-order valence-corrected chi connectivity index (χ0v) is 10.6. The fourth-order valence-corrected chi connectivity index (χ4v) is 5.05. The summed E-state index contributed by atoms with van der Waals surface area (Å²) in [6, 6.07) is 0. The Balaban J connectivity index is 1.84. The summed E-state index contributed by atoms with van der Waals surface area (Å²) in [5.41, 5.74) is 0. The van der Waals surface area contributed by atoms with E-state index in [0.717, 1.165) is 28.1 Å². The molecule has 0 N–H and O–H groups in total. The Labute approximate surface area is 99.2 Å². The second-order valence-electron chi connectivity index (χ2n) is 5.56. The topological polar surface area (TPSA) is 17.1 Å². The van der Waals surface area contributed by atoms with Gasteiger partial charge in [-0.3, -0.25) is 4.79 Å². The summed E-state index contributed by atoms with van der Waals surface area (Å²) in [6.45, 7) is 0. The van der Waals surface area contributed by atoms with Crippen molar-refractivity contribution >= 4 is 28.4 Å². The normalized spacial score (nSPS) is 49.6. The van der Waals surface area contributed by atoms with Gasteiger partial charge in [0.1, 0.15) is 5.78 Å². The smallest absolute Gasteiger partial charge is 0.146 e. The number of Topliss-reactive ketones (excluding diaryl/α,β-unsaturated/α-hetero) is 1. The maximum atomic E-state index is 11.9. The molecule has 0 spiro atoms. The quantitative estimate of drug-likeness (QED) is 0.566. The molecule has 14 heavy (non-hydrogen) atoms. The highest BCUT2D eigenvalue weighted by molar-refractivity contribution is 14.1. The predicted octanol–water partition coefficient (Wildman–Crippen LogP) is 3.06. The molecule has 4 aliphatic rings. The SMILES string of the molecule is O=C(CI)C1C2CC3CC(C2)CC1C3. The van der Waals surface area contributed by atoms with Crippen LogP contribution in [0.4, 0.5) is 0 Å². The van der Waals surface area contributed by atoms with Crippen LogP contribution in [0.3, 0.4) is 0 Å². The minimum atomic E-state index is 0.472. The van der Waals surface area contributed by atoms with Crippen LogP contribution in [0, 0.1) is 29.6 Å². The lowest BCUT2D eigenvalue weighted by Gasteiger charge is -2.53. The van der Waals surface area contributed by atoms with Crippen LogP contribution in [0.5, 0.6) is 0 Å². The summed E-state index contributed by atoms with van der Waals surface area (Å²) in [5, 5.41) is 0. The van der Waals surface area contributed by atoms with Crippen LogP contribution in [-0.2, 0) is 4.79 Å². The third-order valence-electron chi connectivity index (χ3n) is 4.73. The molecular formula is C12H17IO. The first-order valence-corrected chi connectivity index (χ1v) is 7.39. The van der Waals surface area contributed by atoms with Crippen molar-refractivity contribution in [2.75, 3.05) is 4.43 Å². The zero-order chi connectivity index (χ0) is 9.71. The van der Waals surface area contributed by atoms with Crippen molar-refractivity contribution in [3.8, 4) is 0 Å². The first-order chi connectivity index (χ1) is 6.78. The number of alkyl halides is 1. The number of carbonyl (C=O) groups is 1. The Morgan fingerprint density at radius 1 is 1.00 bits per heavy atom. The Bertz CT molecular complexity index is 233. The fourth-order valence-electron chi connectivity index (χ4n) is 4.54. The van der Waals surface area contributed by atoms with Gasteiger partial charge >= 0.3 is 0 Å². The molecule has 4 bridgehead atoms. The van der Waals surface area contributed by atoms with Crippen molar-refractivity contribution in [2.24, 2.45) is 29.6 Å². The average Bonchev–Trinajstić information content (AvgIpc) is 2.15. The Kier molecular flexibility index (Phi) is 2.38. The molecule has 0 unspecified atom stereocenters. The Morgan fingerprint density at radius 2 is 1.50 bits per heavy atom. The third-order valence-corrected chi connectivity index (χ3v) is 5.48. The summed E-state index contributed by atoms with van der Waals surface area (Å²) < 4.78 is 0.741. The van der Waals surface area contributed by atoms with Gasteiger partial charge < -0.3 is 0 Å². The number of ketones is 1. The van der Waals surface area contributed by atoms with Gasteiger partial charge in [0, 0.05) is 5.92 Å². The van der Waals surface area contributed by atoms with Crippen molar-refractivity contribution in [1.29, 1.82) is 0 Å². The van der Waals surface area contributed by atoms with Crippen molar-refractivity contribution in [3.05, 3.63) is 0 Å². The van der Waals surface area contributed by atoms with Crippen LogP contribution >= 0.6 is 22.6 Å². The van der Waals surface area contributed by atoms with Crippen molar-refractivity contribution in [3.63, 3.8) is 0 Å². The molecule has 1 nitrogen and oxygen atoms in total. The molecule has 0 aromatic carbocycles. The molecule has 0 aromatic rings. The van der Waals surface area contributed by atoms with Gasteiger partial charge in [0.2, 0.25) is 0 Å². The van der Waals surface area contributed by atoms with Gasteiger partial charge in [0.05, 0.1) is 4.43 Å². The molecule has 0 atom stereocenters. The maximum Gasteiger partial charge on any atom is 0.146 e. The molecule has 0 amide bonds. The number of carbonyl (C=O) groups excluding carboxylic acids is 1. The molecule has 0 aliphatic heterocycles. The summed E-state index contributed by atoms with van der Waals surface area (Å²) >= 11 is 2.24. The van der Waals surface area contributed by atoms with Gasteiger partial charge in [-0.2, -0.15) is 0 Å². The van der Waals surface area contributed by atoms with E-state index in [1.807, 2.05) is 0 Å². The van der Waals surface area contributed by atoms with Gasteiger partial charge in [0.15, 0.2) is 0 Å². The lowest BCUT2D eigenvalue weighted by molar-refractivity contribution is -0.132. The largest absolute Gasteiger partial charge is 0.299 e. The van der Waals surface area contributed by atoms with E-state index in [9.17, 15) is 4.79 Å². The molecule has 4 saturated carbocycles. The summed E-state index contributed by atoms with van der Waals surface area (Å²) in [4.78, 5) is 11.9.